The molecule has 100 valence electrons. The normalized spacial score (nSPS) is 10.5. The van der Waals surface area contributed by atoms with Crippen LogP contribution in [0.3, 0.4) is 0 Å². The lowest BCUT2D eigenvalue weighted by atomic mass is 10.2. The van der Waals surface area contributed by atoms with E-state index in [-0.39, 0.29) is 0 Å². The highest BCUT2D eigenvalue weighted by Gasteiger charge is 2.11. The largest absolute Gasteiger partial charge is 0.366 e. The maximum absolute atomic E-state index is 6.01. The highest BCUT2D eigenvalue weighted by Crippen LogP contribution is 2.23. The van der Waals surface area contributed by atoms with Gasteiger partial charge >= 0.3 is 0 Å². The van der Waals surface area contributed by atoms with Crippen LogP contribution in [0.15, 0.2) is 36.7 Å². The summed E-state index contributed by atoms with van der Waals surface area (Å²) < 4.78 is 0. The van der Waals surface area contributed by atoms with Crippen molar-refractivity contribution in [1.82, 2.24) is 9.97 Å². The van der Waals surface area contributed by atoms with E-state index in [0.717, 1.165) is 35.7 Å². The van der Waals surface area contributed by atoms with Gasteiger partial charge in [0, 0.05) is 35.9 Å². The number of pyridine rings is 2. The zero-order chi connectivity index (χ0) is 13.7. The second-order valence-corrected chi connectivity index (χ2v) is 4.69. The molecule has 2 aromatic rings. The van der Waals surface area contributed by atoms with E-state index in [1.54, 1.807) is 0 Å². The summed E-state index contributed by atoms with van der Waals surface area (Å²) in [6.07, 6.45) is 3.68. The topological polar surface area (TPSA) is 29.0 Å². The van der Waals surface area contributed by atoms with Gasteiger partial charge in [0.15, 0.2) is 0 Å². The molecule has 0 saturated heterocycles. The Morgan fingerprint density at radius 2 is 2.11 bits per heavy atom. The smallest absolute Gasteiger partial charge is 0.0602 e. The van der Waals surface area contributed by atoms with Crippen molar-refractivity contribution < 1.29 is 0 Å². The predicted molar refractivity (Wildman–Crippen MR) is 79.5 cm³/mol. The van der Waals surface area contributed by atoms with Gasteiger partial charge in [0.1, 0.15) is 0 Å². The number of nitrogens with zero attached hydrogens (tertiary/aromatic N) is 3. The molecule has 0 aromatic carbocycles. The van der Waals surface area contributed by atoms with Gasteiger partial charge in [0.2, 0.25) is 0 Å². The summed E-state index contributed by atoms with van der Waals surface area (Å²) in [4.78, 5) is 11.0. The van der Waals surface area contributed by atoms with Crippen LogP contribution in [0.4, 0.5) is 5.69 Å². The number of hydrogen-bond donors (Lipinski definition) is 0. The lowest BCUT2D eigenvalue weighted by Gasteiger charge is -2.25. The molecule has 0 atom stereocenters. The molecule has 0 radical (unpaired) electrons. The molecule has 0 N–H and O–H groups in total. The third-order valence-corrected chi connectivity index (χ3v) is 3.33. The molecule has 0 aliphatic carbocycles. The Labute approximate surface area is 119 Å². The molecule has 2 heterocycles. The Morgan fingerprint density at radius 1 is 1.26 bits per heavy atom. The van der Waals surface area contributed by atoms with Crippen molar-refractivity contribution in [2.24, 2.45) is 0 Å². The van der Waals surface area contributed by atoms with Crippen LogP contribution in [-0.4, -0.2) is 16.5 Å². The van der Waals surface area contributed by atoms with E-state index in [1.165, 1.54) is 0 Å². The summed E-state index contributed by atoms with van der Waals surface area (Å²) >= 11 is 6.01. The lowest BCUT2D eigenvalue weighted by Crippen LogP contribution is -2.24. The van der Waals surface area contributed by atoms with Crippen LogP contribution >= 0.6 is 11.6 Å². The maximum Gasteiger partial charge on any atom is 0.0602 e. The van der Waals surface area contributed by atoms with Crippen molar-refractivity contribution in [3.8, 4) is 0 Å². The van der Waals surface area contributed by atoms with Crippen LogP contribution in [-0.2, 0) is 12.4 Å². The molecule has 0 unspecified atom stereocenters. The van der Waals surface area contributed by atoms with Crippen molar-refractivity contribution in [1.29, 1.82) is 0 Å². The van der Waals surface area contributed by atoms with E-state index >= 15 is 0 Å². The number of aromatic nitrogens is 2. The molecular formula is C15H18ClN3. The molecule has 4 heteroatoms. The average molecular weight is 276 g/mol. The van der Waals surface area contributed by atoms with E-state index in [1.807, 2.05) is 37.5 Å². The van der Waals surface area contributed by atoms with Gasteiger partial charge in [-0.3, -0.25) is 9.97 Å². The Balaban J connectivity index is 2.29. The summed E-state index contributed by atoms with van der Waals surface area (Å²) in [5.41, 5.74) is 4.27. The molecule has 0 amide bonds. The van der Waals surface area contributed by atoms with Gasteiger partial charge in [0.05, 0.1) is 18.1 Å². The van der Waals surface area contributed by atoms with Crippen LogP contribution < -0.4 is 4.90 Å². The van der Waals surface area contributed by atoms with Gasteiger partial charge in [0.25, 0.3) is 0 Å². The van der Waals surface area contributed by atoms with Gasteiger partial charge in [-0.25, -0.2) is 0 Å². The van der Waals surface area contributed by atoms with Crippen molar-refractivity contribution in [2.45, 2.75) is 26.3 Å². The van der Waals surface area contributed by atoms with E-state index in [0.29, 0.717) is 5.88 Å². The van der Waals surface area contributed by atoms with E-state index in [2.05, 4.69) is 27.9 Å². The van der Waals surface area contributed by atoms with Crippen molar-refractivity contribution in [2.75, 3.05) is 11.4 Å². The second-order valence-electron chi connectivity index (χ2n) is 4.42. The predicted octanol–water partition coefficient (Wildman–Crippen LogP) is 3.55. The first-order valence-electron chi connectivity index (χ1n) is 6.41. The number of aryl methyl sites for hydroxylation is 1. The van der Waals surface area contributed by atoms with Crippen molar-refractivity contribution in [3.63, 3.8) is 0 Å². The fourth-order valence-corrected chi connectivity index (χ4v) is 2.23. The second kappa shape index (κ2) is 6.53. The van der Waals surface area contributed by atoms with Crippen LogP contribution in [0.5, 0.6) is 0 Å². The molecule has 2 rings (SSSR count). The van der Waals surface area contributed by atoms with Crippen molar-refractivity contribution >= 4 is 17.3 Å². The summed E-state index contributed by atoms with van der Waals surface area (Å²) in [5.74, 6) is 0.474. The van der Waals surface area contributed by atoms with Crippen LogP contribution in [0.2, 0.25) is 0 Å². The fourth-order valence-electron chi connectivity index (χ4n) is 2.03. The average Bonchev–Trinajstić information content (AvgIpc) is 2.46. The summed E-state index contributed by atoms with van der Waals surface area (Å²) in [5, 5.41) is 0. The Hall–Kier alpha value is -1.61. The minimum absolute atomic E-state index is 0.474. The monoisotopic (exact) mass is 275 g/mol. The number of anilines is 1. The number of halogens is 1. The van der Waals surface area contributed by atoms with Gasteiger partial charge < -0.3 is 4.90 Å². The molecule has 0 spiro atoms. The molecular weight excluding hydrogens is 258 g/mol. The minimum atomic E-state index is 0.474. The molecule has 0 bridgehead atoms. The van der Waals surface area contributed by atoms with Gasteiger partial charge in [-0.15, -0.1) is 11.6 Å². The highest BCUT2D eigenvalue weighted by molar-refractivity contribution is 6.17. The van der Waals surface area contributed by atoms with Gasteiger partial charge in [-0.1, -0.05) is 6.07 Å². The molecule has 0 saturated carbocycles. The first-order chi connectivity index (χ1) is 9.24. The number of alkyl halides is 1. The molecule has 19 heavy (non-hydrogen) atoms. The Morgan fingerprint density at radius 3 is 2.74 bits per heavy atom. The lowest BCUT2D eigenvalue weighted by molar-refractivity contribution is 0.803. The molecule has 0 aliphatic heterocycles. The zero-order valence-electron chi connectivity index (χ0n) is 11.3. The Bertz CT molecular complexity index is 528. The fraction of sp³-hybridized carbons (Fsp3) is 0.333. The highest BCUT2D eigenvalue weighted by atomic mass is 35.5. The number of rotatable bonds is 5. The maximum atomic E-state index is 6.01. The molecule has 3 nitrogen and oxygen atoms in total. The van der Waals surface area contributed by atoms with E-state index in [9.17, 15) is 0 Å². The van der Waals surface area contributed by atoms with Crippen LogP contribution in [0.25, 0.3) is 0 Å². The van der Waals surface area contributed by atoms with Gasteiger partial charge in [-0.2, -0.15) is 0 Å². The van der Waals surface area contributed by atoms with E-state index < -0.39 is 0 Å². The quantitative estimate of drug-likeness (QED) is 0.782. The standard InChI is InChI=1S/C15H18ClN3/c1-3-19(11-14-6-4-5-7-17-14)15-8-12(2)18-10-13(15)9-16/h4-8,10H,3,9,11H2,1-2H3. The zero-order valence-corrected chi connectivity index (χ0v) is 12.1. The van der Waals surface area contributed by atoms with Gasteiger partial charge in [-0.05, 0) is 32.0 Å². The van der Waals surface area contributed by atoms with E-state index in [4.69, 9.17) is 11.6 Å². The SMILES string of the molecule is CCN(Cc1ccccn1)c1cc(C)ncc1CCl. The summed E-state index contributed by atoms with van der Waals surface area (Å²) in [6, 6.07) is 8.07. The third-order valence-electron chi connectivity index (χ3n) is 3.04. The summed E-state index contributed by atoms with van der Waals surface area (Å²) in [7, 11) is 0. The number of hydrogen-bond acceptors (Lipinski definition) is 3. The third kappa shape index (κ3) is 3.44. The van der Waals surface area contributed by atoms with Crippen LogP contribution in [0.1, 0.15) is 23.9 Å². The molecule has 0 fully saturated rings. The minimum Gasteiger partial charge on any atom is -0.366 e. The molecule has 2 aromatic heterocycles. The first-order valence-corrected chi connectivity index (χ1v) is 6.94. The summed E-state index contributed by atoms with van der Waals surface area (Å²) in [6.45, 7) is 5.82. The van der Waals surface area contributed by atoms with Crippen molar-refractivity contribution in [3.05, 3.63) is 53.6 Å². The first kappa shape index (κ1) is 13.8. The molecule has 0 aliphatic rings. The van der Waals surface area contributed by atoms with Crippen LogP contribution in [0, 0.1) is 6.92 Å². The Kier molecular flexibility index (Phi) is 4.74.